The Labute approximate surface area is 156 Å². The van der Waals surface area contributed by atoms with E-state index in [9.17, 15) is 19.3 Å². The predicted octanol–water partition coefficient (Wildman–Crippen LogP) is 5.65. The molecule has 130 valence electrons. The number of furan rings is 1. The molecule has 3 rings (SSSR count). The Kier molecular flexibility index (Phi) is 5.09. The van der Waals surface area contributed by atoms with Crippen LogP contribution in [0.3, 0.4) is 0 Å². The highest BCUT2D eigenvalue weighted by atomic mass is 79.9. The second-order valence-electron chi connectivity index (χ2n) is 5.33. The summed E-state index contributed by atoms with van der Waals surface area (Å²) in [6.45, 7) is 0. The first kappa shape index (κ1) is 17.8. The summed E-state index contributed by atoms with van der Waals surface area (Å²) >= 11 is 3.29. The zero-order valence-corrected chi connectivity index (χ0v) is 14.8. The molecule has 0 saturated heterocycles. The van der Waals surface area contributed by atoms with Crippen LogP contribution in [0.4, 0.5) is 10.1 Å². The minimum absolute atomic E-state index is 0.0304. The molecule has 2 aromatic carbocycles. The summed E-state index contributed by atoms with van der Waals surface area (Å²) in [6, 6.07) is 13.0. The second kappa shape index (κ2) is 7.45. The van der Waals surface area contributed by atoms with E-state index in [2.05, 4.69) is 15.9 Å². The molecule has 26 heavy (non-hydrogen) atoms. The third-order valence-corrected chi connectivity index (χ3v) is 4.24. The van der Waals surface area contributed by atoms with Gasteiger partial charge in [0, 0.05) is 27.7 Å². The molecule has 0 N–H and O–H groups in total. The number of allylic oxidation sites excluding steroid dienone is 1. The van der Waals surface area contributed by atoms with E-state index in [-0.39, 0.29) is 11.5 Å². The number of nitro benzene ring substituents is 1. The van der Waals surface area contributed by atoms with Crippen molar-refractivity contribution in [2.24, 2.45) is 0 Å². The van der Waals surface area contributed by atoms with Crippen molar-refractivity contribution in [3.05, 3.63) is 92.4 Å². The average Bonchev–Trinajstić information content (AvgIpc) is 3.08. The number of non-ortho nitro benzene ring substituents is 1. The minimum Gasteiger partial charge on any atom is -0.457 e. The van der Waals surface area contributed by atoms with E-state index in [1.807, 2.05) is 0 Å². The highest BCUT2D eigenvalue weighted by molar-refractivity contribution is 9.10. The van der Waals surface area contributed by atoms with Crippen molar-refractivity contribution in [3.8, 4) is 11.3 Å². The van der Waals surface area contributed by atoms with Crippen molar-refractivity contribution in [1.29, 1.82) is 0 Å². The molecule has 0 spiro atoms. The largest absolute Gasteiger partial charge is 0.457 e. The zero-order chi connectivity index (χ0) is 18.7. The quantitative estimate of drug-likeness (QED) is 0.233. The molecular formula is C19H11BrFNO4. The lowest BCUT2D eigenvalue weighted by molar-refractivity contribution is -0.384. The van der Waals surface area contributed by atoms with Crippen LogP contribution >= 0.6 is 15.9 Å². The monoisotopic (exact) mass is 415 g/mol. The molecular weight excluding hydrogens is 405 g/mol. The van der Waals surface area contributed by atoms with Crippen molar-refractivity contribution < 1.29 is 18.5 Å². The van der Waals surface area contributed by atoms with Crippen molar-refractivity contribution in [2.75, 3.05) is 0 Å². The number of hydrogen-bond donors (Lipinski definition) is 0. The Morgan fingerprint density at radius 2 is 1.85 bits per heavy atom. The molecule has 1 aromatic heterocycles. The van der Waals surface area contributed by atoms with E-state index < -0.39 is 10.7 Å². The van der Waals surface area contributed by atoms with Gasteiger partial charge in [-0.25, -0.2) is 4.39 Å². The lowest BCUT2D eigenvalue weighted by atomic mass is 10.1. The number of carbonyl (C=O) groups is 1. The molecule has 1 heterocycles. The SMILES string of the molecule is O=C(/C=C/c1ccc(-c2ccc([N+](=O)[O-])cc2Br)o1)c1ccc(F)cc1. The third-order valence-electron chi connectivity index (χ3n) is 3.58. The van der Waals surface area contributed by atoms with Crippen LogP contribution in [0.15, 0.2) is 69.6 Å². The maximum Gasteiger partial charge on any atom is 0.270 e. The average molecular weight is 416 g/mol. The Bertz CT molecular complexity index is 1010. The van der Waals surface area contributed by atoms with Gasteiger partial charge in [0.05, 0.1) is 4.92 Å². The van der Waals surface area contributed by atoms with Gasteiger partial charge in [0.2, 0.25) is 0 Å². The van der Waals surface area contributed by atoms with Gasteiger partial charge in [-0.3, -0.25) is 14.9 Å². The maximum absolute atomic E-state index is 12.9. The van der Waals surface area contributed by atoms with Crippen LogP contribution in [-0.2, 0) is 0 Å². The number of ketones is 1. The summed E-state index contributed by atoms with van der Waals surface area (Å²) in [4.78, 5) is 22.3. The Balaban J connectivity index is 1.78. The van der Waals surface area contributed by atoms with E-state index in [0.29, 0.717) is 27.1 Å². The topological polar surface area (TPSA) is 73.3 Å². The second-order valence-corrected chi connectivity index (χ2v) is 6.18. The van der Waals surface area contributed by atoms with Gasteiger partial charge in [-0.15, -0.1) is 0 Å². The molecule has 0 atom stereocenters. The molecule has 3 aromatic rings. The van der Waals surface area contributed by atoms with Crippen molar-refractivity contribution >= 4 is 33.5 Å². The molecule has 0 aliphatic rings. The number of rotatable bonds is 5. The normalized spacial score (nSPS) is 11.0. The van der Waals surface area contributed by atoms with Crippen LogP contribution in [-0.4, -0.2) is 10.7 Å². The van der Waals surface area contributed by atoms with E-state index in [4.69, 9.17) is 4.42 Å². The molecule has 0 saturated carbocycles. The Hall–Kier alpha value is -3.06. The van der Waals surface area contributed by atoms with Crippen LogP contribution in [0, 0.1) is 15.9 Å². The summed E-state index contributed by atoms with van der Waals surface area (Å²) in [5.41, 5.74) is 0.991. The van der Waals surface area contributed by atoms with Crippen molar-refractivity contribution in [2.45, 2.75) is 0 Å². The van der Waals surface area contributed by atoms with Crippen LogP contribution in [0.1, 0.15) is 16.1 Å². The fraction of sp³-hybridized carbons (Fsp3) is 0. The summed E-state index contributed by atoms with van der Waals surface area (Å²) in [6.07, 6.45) is 2.84. The predicted molar refractivity (Wildman–Crippen MR) is 98.3 cm³/mol. The summed E-state index contributed by atoms with van der Waals surface area (Å²) in [5, 5.41) is 10.8. The van der Waals surface area contributed by atoms with Gasteiger partial charge in [-0.1, -0.05) is 0 Å². The molecule has 5 nitrogen and oxygen atoms in total. The summed E-state index contributed by atoms with van der Waals surface area (Å²) in [5.74, 6) is 0.260. The van der Waals surface area contributed by atoms with Crippen molar-refractivity contribution in [3.63, 3.8) is 0 Å². The van der Waals surface area contributed by atoms with Gasteiger partial charge in [0.25, 0.3) is 5.69 Å². The first-order valence-corrected chi connectivity index (χ1v) is 8.25. The van der Waals surface area contributed by atoms with Crippen LogP contribution in [0.25, 0.3) is 17.4 Å². The van der Waals surface area contributed by atoms with Gasteiger partial charge in [0.1, 0.15) is 17.3 Å². The molecule has 0 fully saturated rings. The minimum atomic E-state index is -0.480. The van der Waals surface area contributed by atoms with Gasteiger partial charge < -0.3 is 4.42 Å². The van der Waals surface area contributed by atoms with E-state index in [1.165, 1.54) is 48.6 Å². The first-order valence-electron chi connectivity index (χ1n) is 7.46. The third kappa shape index (κ3) is 3.94. The number of halogens is 2. The summed E-state index contributed by atoms with van der Waals surface area (Å²) < 4.78 is 19.1. The molecule has 0 unspecified atom stereocenters. The highest BCUT2D eigenvalue weighted by Gasteiger charge is 2.13. The van der Waals surface area contributed by atoms with Crippen molar-refractivity contribution in [1.82, 2.24) is 0 Å². The number of nitrogens with zero attached hydrogens (tertiary/aromatic N) is 1. The van der Waals surface area contributed by atoms with E-state index in [0.717, 1.165) is 0 Å². The highest BCUT2D eigenvalue weighted by Crippen LogP contribution is 2.32. The number of benzene rings is 2. The van der Waals surface area contributed by atoms with Gasteiger partial charge >= 0.3 is 0 Å². The molecule has 0 aliphatic carbocycles. The van der Waals surface area contributed by atoms with E-state index >= 15 is 0 Å². The van der Waals surface area contributed by atoms with Crippen LogP contribution in [0.2, 0.25) is 0 Å². The zero-order valence-electron chi connectivity index (χ0n) is 13.2. The first-order chi connectivity index (χ1) is 12.4. The molecule has 0 bridgehead atoms. The lowest BCUT2D eigenvalue weighted by Gasteiger charge is -2.00. The van der Waals surface area contributed by atoms with Gasteiger partial charge in [-0.2, -0.15) is 0 Å². The van der Waals surface area contributed by atoms with Gasteiger partial charge in [-0.05, 0) is 70.5 Å². The molecule has 0 amide bonds. The van der Waals surface area contributed by atoms with Crippen LogP contribution < -0.4 is 0 Å². The molecule has 0 aliphatic heterocycles. The molecule has 0 radical (unpaired) electrons. The summed E-state index contributed by atoms with van der Waals surface area (Å²) in [7, 11) is 0. The smallest absolute Gasteiger partial charge is 0.270 e. The number of carbonyl (C=O) groups excluding carboxylic acids is 1. The number of nitro groups is 1. The maximum atomic E-state index is 12.9. The Morgan fingerprint density at radius 1 is 1.12 bits per heavy atom. The standard InChI is InChI=1S/C19H11BrFNO4/c20-17-11-14(22(24)25)5-8-16(17)19-10-7-15(26-19)6-9-18(23)12-1-3-13(21)4-2-12/h1-11H/b9-6+. The van der Waals surface area contributed by atoms with E-state index in [1.54, 1.807) is 18.2 Å². The van der Waals surface area contributed by atoms with Gasteiger partial charge in [0.15, 0.2) is 5.78 Å². The fourth-order valence-electron chi connectivity index (χ4n) is 2.27. The number of hydrogen-bond acceptors (Lipinski definition) is 4. The Morgan fingerprint density at radius 3 is 2.50 bits per heavy atom. The fourth-order valence-corrected chi connectivity index (χ4v) is 2.83. The lowest BCUT2D eigenvalue weighted by Crippen LogP contribution is -1.93. The molecule has 7 heteroatoms. The van der Waals surface area contributed by atoms with Crippen LogP contribution in [0.5, 0.6) is 0 Å².